The van der Waals surface area contributed by atoms with Gasteiger partial charge in [-0.05, 0) is 24.3 Å². The van der Waals surface area contributed by atoms with Crippen LogP contribution in [0.4, 0.5) is 0 Å². The van der Waals surface area contributed by atoms with Crippen molar-refractivity contribution in [1.82, 2.24) is 0 Å². The molecule has 1 aromatic rings. The molecule has 1 aromatic carbocycles. The van der Waals surface area contributed by atoms with Crippen LogP contribution in [-0.4, -0.2) is 0 Å². The van der Waals surface area contributed by atoms with E-state index in [9.17, 15) is 0 Å². The van der Waals surface area contributed by atoms with E-state index in [1.54, 1.807) is 0 Å². The molecule has 0 saturated carbocycles. The van der Waals surface area contributed by atoms with Crippen molar-refractivity contribution in [3.63, 3.8) is 0 Å². The molecule has 0 fully saturated rings. The van der Waals surface area contributed by atoms with E-state index in [-0.39, 0.29) is 0 Å². The fourth-order valence-electron chi connectivity index (χ4n) is 2.29. The Hall–Kier alpha value is -1.56. The summed E-state index contributed by atoms with van der Waals surface area (Å²) in [5, 5.41) is 0. The monoisotopic (exact) mass is 268 g/mol. The Labute approximate surface area is 124 Å². The van der Waals surface area contributed by atoms with Gasteiger partial charge in [0.1, 0.15) is 0 Å². The van der Waals surface area contributed by atoms with E-state index in [0.717, 1.165) is 6.42 Å². The summed E-state index contributed by atoms with van der Waals surface area (Å²) in [7, 11) is 0. The smallest absolute Gasteiger partial charge is 0.0196 e. The van der Waals surface area contributed by atoms with Crippen molar-refractivity contribution in [2.75, 3.05) is 0 Å². The minimum Gasteiger partial charge on any atom is -0.103 e. The second kappa shape index (κ2) is 11.3. The molecule has 0 N–H and O–H groups in total. The Kier molecular flexibility index (Phi) is 9.30. The van der Waals surface area contributed by atoms with E-state index in [0.29, 0.717) is 5.92 Å². The summed E-state index contributed by atoms with van der Waals surface area (Å²) in [6.45, 7) is 6.13. The van der Waals surface area contributed by atoms with Crippen LogP contribution in [0.2, 0.25) is 0 Å². The van der Waals surface area contributed by atoms with Gasteiger partial charge in [0.15, 0.2) is 0 Å². The fourth-order valence-corrected chi connectivity index (χ4v) is 2.29. The van der Waals surface area contributed by atoms with E-state index in [1.165, 1.54) is 37.7 Å². The molecule has 1 rings (SSSR count). The first-order chi connectivity index (χ1) is 9.86. The Morgan fingerprint density at radius 2 is 1.85 bits per heavy atom. The summed E-state index contributed by atoms with van der Waals surface area (Å²) < 4.78 is 0. The predicted octanol–water partition coefficient (Wildman–Crippen LogP) is 6.42. The van der Waals surface area contributed by atoms with Gasteiger partial charge < -0.3 is 0 Å². The first-order valence-electron chi connectivity index (χ1n) is 7.87. The zero-order valence-electron chi connectivity index (χ0n) is 12.8. The largest absolute Gasteiger partial charge is 0.103 e. The molecule has 0 radical (unpaired) electrons. The van der Waals surface area contributed by atoms with Crippen LogP contribution in [0.1, 0.15) is 51.0 Å². The number of allylic oxidation sites excluding steroid dienone is 4. The Balaban J connectivity index is 2.38. The van der Waals surface area contributed by atoms with Crippen LogP contribution in [0, 0.1) is 5.92 Å². The Bertz CT molecular complexity index is 397. The lowest BCUT2D eigenvalue weighted by molar-refractivity contribution is 0.534. The van der Waals surface area contributed by atoms with Crippen molar-refractivity contribution in [3.05, 3.63) is 66.8 Å². The quantitative estimate of drug-likeness (QED) is 0.261. The average Bonchev–Trinajstić information content (AvgIpc) is 2.49. The van der Waals surface area contributed by atoms with Gasteiger partial charge in [-0.25, -0.2) is 0 Å². The maximum absolute atomic E-state index is 3.87. The number of hydrogen-bond donors (Lipinski definition) is 0. The van der Waals surface area contributed by atoms with E-state index >= 15 is 0 Å². The van der Waals surface area contributed by atoms with Crippen molar-refractivity contribution < 1.29 is 0 Å². The highest BCUT2D eigenvalue weighted by Gasteiger charge is 2.01. The van der Waals surface area contributed by atoms with Gasteiger partial charge in [0.05, 0.1) is 0 Å². The molecule has 0 aliphatic heterocycles. The molecule has 0 aromatic heterocycles. The standard InChI is InChI=1S/C20H28/c1-3-5-6-8-14-19(13-4-2)17-11-12-18-20-15-9-7-10-16-20/h4,7,9-12,15-19H,2-3,5-6,8,13-14H2,1H3/b17-11+,18-12+. The maximum Gasteiger partial charge on any atom is -0.0196 e. The van der Waals surface area contributed by atoms with E-state index in [2.05, 4.69) is 62.1 Å². The Morgan fingerprint density at radius 1 is 1.05 bits per heavy atom. The molecule has 1 atom stereocenters. The number of unbranched alkanes of at least 4 members (excludes halogenated alkanes) is 3. The summed E-state index contributed by atoms with van der Waals surface area (Å²) in [6.07, 6.45) is 18.6. The van der Waals surface area contributed by atoms with Crippen molar-refractivity contribution in [2.45, 2.75) is 45.4 Å². The van der Waals surface area contributed by atoms with E-state index in [4.69, 9.17) is 0 Å². The highest BCUT2D eigenvalue weighted by Crippen LogP contribution is 2.16. The summed E-state index contributed by atoms with van der Waals surface area (Å²) in [5.74, 6) is 0.643. The van der Waals surface area contributed by atoms with Crippen molar-refractivity contribution >= 4 is 6.08 Å². The molecule has 0 heteroatoms. The third-order valence-electron chi connectivity index (χ3n) is 3.48. The minimum atomic E-state index is 0.643. The van der Waals surface area contributed by atoms with Gasteiger partial charge in [-0.15, -0.1) is 6.58 Å². The molecule has 20 heavy (non-hydrogen) atoms. The van der Waals surface area contributed by atoms with Crippen molar-refractivity contribution in [2.24, 2.45) is 5.92 Å². The van der Waals surface area contributed by atoms with Crippen LogP contribution in [0.15, 0.2) is 61.2 Å². The normalized spacial score (nSPS) is 13.1. The molecule has 0 nitrogen and oxygen atoms in total. The van der Waals surface area contributed by atoms with Crippen molar-refractivity contribution in [1.29, 1.82) is 0 Å². The van der Waals surface area contributed by atoms with Gasteiger partial charge in [0.25, 0.3) is 0 Å². The SMILES string of the molecule is C=CCC(/C=C/C=C/c1ccccc1)CCCCCC. The summed E-state index contributed by atoms with van der Waals surface area (Å²) in [6, 6.07) is 10.4. The lowest BCUT2D eigenvalue weighted by atomic mass is 9.97. The minimum absolute atomic E-state index is 0.643. The molecule has 0 heterocycles. The average molecular weight is 268 g/mol. The van der Waals surface area contributed by atoms with Crippen LogP contribution in [-0.2, 0) is 0 Å². The highest BCUT2D eigenvalue weighted by atomic mass is 14.1. The highest BCUT2D eigenvalue weighted by molar-refractivity contribution is 5.50. The number of benzene rings is 1. The van der Waals surface area contributed by atoms with E-state index in [1.807, 2.05) is 12.1 Å². The molecule has 0 aliphatic rings. The molecule has 1 unspecified atom stereocenters. The fraction of sp³-hybridized carbons (Fsp3) is 0.400. The second-order valence-corrected chi connectivity index (χ2v) is 5.29. The molecule has 0 amide bonds. The van der Waals surface area contributed by atoms with Crippen LogP contribution >= 0.6 is 0 Å². The third-order valence-corrected chi connectivity index (χ3v) is 3.48. The molecular formula is C20H28. The molecule has 0 bridgehead atoms. The maximum atomic E-state index is 3.87. The molecule has 0 aliphatic carbocycles. The molecule has 0 saturated heterocycles. The van der Waals surface area contributed by atoms with Crippen LogP contribution in [0.5, 0.6) is 0 Å². The van der Waals surface area contributed by atoms with Gasteiger partial charge in [0, 0.05) is 0 Å². The number of rotatable bonds is 10. The number of hydrogen-bond acceptors (Lipinski definition) is 0. The van der Waals surface area contributed by atoms with Gasteiger partial charge in [-0.3, -0.25) is 0 Å². The first kappa shape index (κ1) is 16.5. The lowest BCUT2D eigenvalue weighted by Crippen LogP contribution is -1.94. The summed E-state index contributed by atoms with van der Waals surface area (Å²) in [4.78, 5) is 0. The predicted molar refractivity (Wildman–Crippen MR) is 91.7 cm³/mol. The van der Waals surface area contributed by atoms with Crippen molar-refractivity contribution in [3.8, 4) is 0 Å². The first-order valence-corrected chi connectivity index (χ1v) is 7.87. The second-order valence-electron chi connectivity index (χ2n) is 5.29. The van der Waals surface area contributed by atoms with Crippen LogP contribution < -0.4 is 0 Å². The summed E-state index contributed by atoms with van der Waals surface area (Å²) >= 11 is 0. The zero-order chi connectivity index (χ0) is 14.5. The van der Waals surface area contributed by atoms with Gasteiger partial charge >= 0.3 is 0 Å². The molecule has 108 valence electrons. The van der Waals surface area contributed by atoms with Gasteiger partial charge in [-0.2, -0.15) is 0 Å². The zero-order valence-corrected chi connectivity index (χ0v) is 12.8. The lowest BCUT2D eigenvalue weighted by Gasteiger charge is -2.09. The van der Waals surface area contributed by atoms with Crippen LogP contribution in [0.25, 0.3) is 6.08 Å². The van der Waals surface area contributed by atoms with E-state index < -0.39 is 0 Å². The van der Waals surface area contributed by atoms with Gasteiger partial charge in [-0.1, -0.05) is 93.3 Å². The Morgan fingerprint density at radius 3 is 2.55 bits per heavy atom. The molecule has 0 spiro atoms. The third kappa shape index (κ3) is 7.78. The molecular weight excluding hydrogens is 240 g/mol. The van der Waals surface area contributed by atoms with Crippen LogP contribution in [0.3, 0.4) is 0 Å². The topological polar surface area (TPSA) is 0 Å². The van der Waals surface area contributed by atoms with Gasteiger partial charge in [0.2, 0.25) is 0 Å². The summed E-state index contributed by atoms with van der Waals surface area (Å²) in [5.41, 5.74) is 1.25.